The molecular weight excluding hydrogens is 130 g/mol. The van der Waals surface area contributed by atoms with E-state index in [0.717, 1.165) is 11.1 Å². The number of nitrogens with zero attached hydrogens (tertiary/aromatic N) is 3. The van der Waals surface area contributed by atoms with Gasteiger partial charge >= 0.3 is 0 Å². The minimum Gasteiger partial charge on any atom is -0.444 e. The molecule has 4 heteroatoms. The molecule has 0 atom stereocenters. The zero-order chi connectivity index (χ0) is 6.97. The summed E-state index contributed by atoms with van der Waals surface area (Å²) < 4.78 is 5.01. The van der Waals surface area contributed by atoms with E-state index < -0.39 is 0 Å². The molecule has 0 aromatic carbocycles. The Morgan fingerprint density at radius 2 is 2.40 bits per heavy atom. The fourth-order valence-electron chi connectivity index (χ4n) is 0.814. The highest BCUT2D eigenvalue weighted by Gasteiger charge is 2.01. The Hall–Kier alpha value is -1.45. The van der Waals surface area contributed by atoms with E-state index in [0.29, 0.717) is 5.71 Å². The standard InChI is InChI=1S/C6H5N3O/c1-4-2-10-6-5(4)7-3-8-9-6/h2-3H,1H3. The van der Waals surface area contributed by atoms with E-state index >= 15 is 0 Å². The van der Waals surface area contributed by atoms with Gasteiger partial charge < -0.3 is 4.42 Å². The van der Waals surface area contributed by atoms with Crippen molar-refractivity contribution in [3.63, 3.8) is 0 Å². The Balaban J connectivity index is 2.93. The largest absolute Gasteiger partial charge is 0.444 e. The monoisotopic (exact) mass is 135 g/mol. The lowest BCUT2D eigenvalue weighted by Gasteiger charge is -1.81. The molecule has 2 aromatic heterocycles. The summed E-state index contributed by atoms with van der Waals surface area (Å²) in [4.78, 5) is 3.97. The van der Waals surface area contributed by atoms with Crippen molar-refractivity contribution in [1.29, 1.82) is 0 Å². The normalized spacial score (nSPS) is 10.5. The van der Waals surface area contributed by atoms with E-state index in [1.165, 1.54) is 6.33 Å². The zero-order valence-corrected chi connectivity index (χ0v) is 5.40. The summed E-state index contributed by atoms with van der Waals surface area (Å²) in [5, 5.41) is 7.29. The van der Waals surface area contributed by atoms with Gasteiger partial charge in [-0.15, -0.1) is 10.2 Å². The highest BCUT2D eigenvalue weighted by atomic mass is 16.3. The summed E-state index contributed by atoms with van der Waals surface area (Å²) in [6.07, 6.45) is 3.02. The first-order chi connectivity index (χ1) is 4.88. The van der Waals surface area contributed by atoms with Crippen molar-refractivity contribution in [1.82, 2.24) is 15.2 Å². The first-order valence-corrected chi connectivity index (χ1v) is 2.89. The Morgan fingerprint density at radius 3 is 3.20 bits per heavy atom. The Morgan fingerprint density at radius 1 is 1.50 bits per heavy atom. The van der Waals surface area contributed by atoms with Gasteiger partial charge in [0.15, 0.2) is 0 Å². The van der Waals surface area contributed by atoms with Crippen LogP contribution in [0.25, 0.3) is 11.2 Å². The molecule has 4 nitrogen and oxygen atoms in total. The Kier molecular flexibility index (Phi) is 0.943. The number of furan rings is 1. The Labute approximate surface area is 56.9 Å². The first-order valence-electron chi connectivity index (χ1n) is 2.89. The molecule has 0 aliphatic heterocycles. The van der Waals surface area contributed by atoms with Gasteiger partial charge in [-0.05, 0) is 6.92 Å². The van der Waals surface area contributed by atoms with Crippen LogP contribution >= 0.6 is 0 Å². The molecule has 0 fully saturated rings. The fourth-order valence-corrected chi connectivity index (χ4v) is 0.814. The molecule has 2 aromatic rings. The van der Waals surface area contributed by atoms with Crippen LogP contribution in [0.15, 0.2) is 17.0 Å². The van der Waals surface area contributed by atoms with Crippen molar-refractivity contribution in [2.45, 2.75) is 6.92 Å². The lowest BCUT2D eigenvalue weighted by Crippen LogP contribution is -1.82. The van der Waals surface area contributed by atoms with E-state index in [4.69, 9.17) is 4.42 Å². The van der Waals surface area contributed by atoms with Crippen LogP contribution in [0.2, 0.25) is 0 Å². The molecule has 0 spiro atoms. The second-order valence-corrected chi connectivity index (χ2v) is 2.03. The molecule has 0 N–H and O–H groups in total. The third-order valence-corrected chi connectivity index (χ3v) is 1.31. The maximum atomic E-state index is 5.01. The second kappa shape index (κ2) is 1.76. The van der Waals surface area contributed by atoms with Crippen LogP contribution in [0.3, 0.4) is 0 Å². The van der Waals surface area contributed by atoms with Crippen LogP contribution in [-0.2, 0) is 0 Å². The summed E-state index contributed by atoms with van der Waals surface area (Å²) in [7, 11) is 0. The number of fused-ring (bicyclic) bond motifs is 1. The summed E-state index contributed by atoms with van der Waals surface area (Å²) in [6.45, 7) is 1.92. The van der Waals surface area contributed by atoms with Crippen LogP contribution in [0.1, 0.15) is 5.56 Å². The molecule has 0 aliphatic rings. The van der Waals surface area contributed by atoms with Crippen molar-refractivity contribution < 1.29 is 4.42 Å². The molecule has 0 saturated carbocycles. The lowest BCUT2D eigenvalue weighted by atomic mass is 10.3. The van der Waals surface area contributed by atoms with Crippen molar-refractivity contribution in [2.24, 2.45) is 0 Å². The fraction of sp³-hybridized carbons (Fsp3) is 0.167. The summed E-state index contributed by atoms with van der Waals surface area (Å²) in [5.41, 5.74) is 2.28. The average molecular weight is 135 g/mol. The third kappa shape index (κ3) is 0.586. The molecular formula is C6H5N3O. The topological polar surface area (TPSA) is 51.8 Å². The zero-order valence-electron chi connectivity index (χ0n) is 5.40. The molecule has 2 heterocycles. The van der Waals surface area contributed by atoms with E-state index in [9.17, 15) is 0 Å². The quantitative estimate of drug-likeness (QED) is 0.539. The van der Waals surface area contributed by atoms with E-state index in [2.05, 4.69) is 15.2 Å². The third-order valence-electron chi connectivity index (χ3n) is 1.31. The van der Waals surface area contributed by atoms with Gasteiger partial charge in [-0.3, -0.25) is 0 Å². The number of rotatable bonds is 0. The molecule has 0 radical (unpaired) electrons. The number of hydrogen-bond acceptors (Lipinski definition) is 4. The maximum Gasteiger partial charge on any atom is 0.264 e. The minimum atomic E-state index is 0.500. The van der Waals surface area contributed by atoms with Gasteiger partial charge in [-0.1, -0.05) is 0 Å². The highest BCUT2D eigenvalue weighted by Crippen LogP contribution is 2.12. The average Bonchev–Trinajstić information content (AvgIpc) is 2.34. The molecule has 0 aliphatic carbocycles. The Bertz CT molecular complexity index is 355. The molecule has 2 rings (SSSR count). The maximum absolute atomic E-state index is 5.01. The molecule has 50 valence electrons. The predicted molar refractivity (Wildman–Crippen MR) is 34.3 cm³/mol. The number of aryl methyl sites for hydroxylation is 1. The van der Waals surface area contributed by atoms with Crippen molar-refractivity contribution >= 4 is 11.2 Å². The van der Waals surface area contributed by atoms with Crippen LogP contribution in [-0.4, -0.2) is 15.2 Å². The molecule has 0 saturated heterocycles. The first kappa shape index (κ1) is 5.34. The van der Waals surface area contributed by atoms with E-state index in [1.807, 2.05) is 6.92 Å². The highest BCUT2D eigenvalue weighted by molar-refractivity contribution is 5.70. The van der Waals surface area contributed by atoms with Crippen molar-refractivity contribution in [3.8, 4) is 0 Å². The van der Waals surface area contributed by atoms with Crippen LogP contribution in [0, 0.1) is 6.92 Å². The smallest absolute Gasteiger partial charge is 0.264 e. The summed E-state index contributed by atoms with van der Waals surface area (Å²) in [5.74, 6) is 0. The lowest BCUT2D eigenvalue weighted by molar-refractivity contribution is 0.593. The summed E-state index contributed by atoms with van der Waals surface area (Å²) >= 11 is 0. The van der Waals surface area contributed by atoms with Gasteiger partial charge in [0.25, 0.3) is 5.71 Å². The molecule has 10 heavy (non-hydrogen) atoms. The van der Waals surface area contributed by atoms with E-state index in [1.54, 1.807) is 6.26 Å². The van der Waals surface area contributed by atoms with Crippen molar-refractivity contribution in [2.75, 3.05) is 0 Å². The van der Waals surface area contributed by atoms with Crippen molar-refractivity contribution in [3.05, 3.63) is 18.2 Å². The van der Waals surface area contributed by atoms with Crippen LogP contribution < -0.4 is 0 Å². The van der Waals surface area contributed by atoms with Gasteiger partial charge in [0.2, 0.25) is 0 Å². The number of hydrogen-bond donors (Lipinski definition) is 0. The second-order valence-electron chi connectivity index (χ2n) is 2.03. The number of aromatic nitrogens is 3. The summed E-state index contributed by atoms with van der Waals surface area (Å²) in [6, 6.07) is 0. The predicted octanol–water partition coefficient (Wildman–Crippen LogP) is 0.926. The van der Waals surface area contributed by atoms with Gasteiger partial charge in [0, 0.05) is 5.56 Å². The molecule has 0 unspecified atom stereocenters. The van der Waals surface area contributed by atoms with Gasteiger partial charge in [0.05, 0.1) is 6.26 Å². The van der Waals surface area contributed by atoms with Gasteiger partial charge in [0.1, 0.15) is 11.8 Å². The molecule has 0 bridgehead atoms. The van der Waals surface area contributed by atoms with Gasteiger partial charge in [-0.2, -0.15) is 0 Å². The SMILES string of the molecule is Cc1coc2nncnc12. The van der Waals surface area contributed by atoms with Gasteiger partial charge in [-0.25, -0.2) is 4.98 Å². The van der Waals surface area contributed by atoms with Crippen LogP contribution in [0.5, 0.6) is 0 Å². The molecule has 0 amide bonds. The van der Waals surface area contributed by atoms with E-state index in [-0.39, 0.29) is 0 Å². The minimum absolute atomic E-state index is 0.500. The van der Waals surface area contributed by atoms with Crippen LogP contribution in [0.4, 0.5) is 0 Å².